The quantitative estimate of drug-likeness (QED) is 0.723. The highest BCUT2D eigenvalue weighted by Crippen LogP contribution is 2.38. The second-order valence-electron chi connectivity index (χ2n) is 9.68. The fraction of sp³-hybridized carbons (Fsp3) is 0.444. The lowest BCUT2D eigenvalue weighted by Gasteiger charge is -2.42. The first-order valence-electron chi connectivity index (χ1n) is 11.7. The van der Waals surface area contributed by atoms with E-state index in [0.29, 0.717) is 6.54 Å². The molecule has 0 radical (unpaired) electrons. The van der Waals surface area contributed by atoms with Gasteiger partial charge in [0.25, 0.3) is 0 Å². The van der Waals surface area contributed by atoms with Gasteiger partial charge in [-0.05, 0) is 73.7 Å². The average molecular weight is 433 g/mol. The van der Waals surface area contributed by atoms with E-state index in [1.165, 1.54) is 11.1 Å². The van der Waals surface area contributed by atoms with Crippen LogP contribution in [0.5, 0.6) is 5.75 Å². The first-order valence-corrected chi connectivity index (χ1v) is 11.7. The predicted molar refractivity (Wildman–Crippen MR) is 127 cm³/mol. The minimum absolute atomic E-state index is 0.104. The molecule has 1 aliphatic carbocycles. The highest BCUT2D eigenvalue weighted by Gasteiger charge is 2.37. The average Bonchev–Trinajstić information content (AvgIpc) is 3.63. The molecule has 0 unspecified atom stereocenters. The molecule has 2 aromatic carbocycles. The van der Waals surface area contributed by atoms with Crippen LogP contribution in [-0.2, 0) is 4.79 Å². The molecule has 2 aromatic rings. The van der Waals surface area contributed by atoms with Crippen LogP contribution in [-0.4, -0.2) is 41.1 Å². The molecule has 2 N–H and O–H groups in total. The molecule has 3 aliphatic rings. The summed E-state index contributed by atoms with van der Waals surface area (Å²) in [4.78, 5) is 14.2. The molecule has 1 atom stereocenters. The Morgan fingerprint density at radius 3 is 2.53 bits per heavy atom. The van der Waals surface area contributed by atoms with Crippen LogP contribution in [0.25, 0.3) is 6.08 Å². The number of carbonyl (C=O) groups excluding carboxylic acids is 1. The third-order valence-electron chi connectivity index (χ3n) is 7.15. The summed E-state index contributed by atoms with van der Waals surface area (Å²) in [5, 5.41) is 13.7. The Labute approximate surface area is 190 Å². The SMILES string of the molecule is Cc1cc2c(cc1C)OC1(C=C2)CCN(C[C@H](O)c2ccc(NC(=O)C3CC3)cc2)CC1. The van der Waals surface area contributed by atoms with E-state index in [2.05, 4.69) is 48.3 Å². The van der Waals surface area contributed by atoms with Crippen LogP contribution in [0.4, 0.5) is 5.69 Å². The van der Waals surface area contributed by atoms with Gasteiger partial charge in [0, 0.05) is 49.6 Å². The summed E-state index contributed by atoms with van der Waals surface area (Å²) in [5.74, 6) is 1.28. The molecule has 0 aromatic heterocycles. The summed E-state index contributed by atoms with van der Waals surface area (Å²) < 4.78 is 6.49. The number of nitrogens with one attached hydrogen (secondary N) is 1. The van der Waals surface area contributed by atoms with Crippen molar-refractivity contribution in [3.05, 3.63) is 64.7 Å². The van der Waals surface area contributed by atoms with E-state index in [9.17, 15) is 9.90 Å². The van der Waals surface area contributed by atoms with Crippen molar-refractivity contribution in [3.63, 3.8) is 0 Å². The zero-order chi connectivity index (χ0) is 22.3. The smallest absolute Gasteiger partial charge is 0.227 e. The van der Waals surface area contributed by atoms with Crippen LogP contribution in [0.3, 0.4) is 0 Å². The third-order valence-corrected chi connectivity index (χ3v) is 7.15. The van der Waals surface area contributed by atoms with Crippen LogP contribution in [0.2, 0.25) is 0 Å². The number of amides is 1. The van der Waals surface area contributed by atoms with E-state index in [-0.39, 0.29) is 17.4 Å². The maximum Gasteiger partial charge on any atom is 0.227 e. The number of aryl methyl sites for hydroxylation is 2. The monoisotopic (exact) mass is 432 g/mol. The Bertz CT molecular complexity index is 1030. The number of likely N-dealkylation sites (tertiary alicyclic amines) is 1. The molecule has 1 saturated heterocycles. The van der Waals surface area contributed by atoms with Crippen molar-refractivity contribution >= 4 is 17.7 Å². The predicted octanol–water partition coefficient (Wildman–Crippen LogP) is 4.63. The molecular formula is C27H32N2O3. The minimum atomic E-state index is -0.550. The molecule has 1 saturated carbocycles. The number of nitrogens with zero attached hydrogens (tertiary/aromatic N) is 1. The van der Waals surface area contributed by atoms with Gasteiger partial charge in [-0.1, -0.05) is 18.2 Å². The van der Waals surface area contributed by atoms with Crippen LogP contribution < -0.4 is 10.1 Å². The molecule has 2 aliphatic heterocycles. The van der Waals surface area contributed by atoms with Crippen molar-refractivity contribution in [2.75, 3.05) is 25.0 Å². The van der Waals surface area contributed by atoms with E-state index in [4.69, 9.17) is 4.74 Å². The molecule has 5 nitrogen and oxygen atoms in total. The topological polar surface area (TPSA) is 61.8 Å². The number of benzene rings is 2. The Balaban J connectivity index is 1.15. The molecular weight excluding hydrogens is 400 g/mol. The van der Waals surface area contributed by atoms with E-state index in [0.717, 1.165) is 61.3 Å². The number of hydrogen-bond acceptors (Lipinski definition) is 4. The van der Waals surface area contributed by atoms with Crippen molar-refractivity contribution < 1.29 is 14.6 Å². The van der Waals surface area contributed by atoms with Crippen molar-refractivity contribution in [2.24, 2.45) is 5.92 Å². The Morgan fingerprint density at radius 2 is 1.84 bits per heavy atom. The van der Waals surface area contributed by atoms with Gasteiger partial charge in [-0.15, -0.1) is 0 Å². The molecule has 1 amide bonds. The number of carbonyl (C=O) groups is 1. The van der Waals surface area contributed by atoms with Crippen LogP contribution in [0.1, 0.15) is 54.0 Å². The number of ether oxygens (including phenoxy) is 1. The van der Waals surface area contributed by atoms with Gasteiger partial charge in [-0.25, -0.2) is 0 Å². The maximum absolute atomic E-state index is 11.9. The largest absolute Gasteiger partial charge is 0.482 e. The molecule has 168 valence electrons. The number of rotatable bonds is 5. The molecule has 2 fully saturated rings. The highest BCUT2D eigenvalue weighted by molar-refractivity contribution is 5.94. The van der Waals surface area contributed by atoms with Crippen LogP contribution >= 0.6 is 0 Å². The number of β-amino-alcohol motifs (C(OH)–C–C–N with tert-alkyl or cyclic N) is 1. The normalized spacial score (nSPS) is 20.5. The fourth-order valence-electron chi connectivity index (χ4n) is 4.64. The fourth-order valence-corrected chi connectivity index (χ4v) is 4.64. The second-order valence-corrected chi connectivity index (χ2v) is 9.68. The number of anilines is 1. The van der Waals surface area contributed by atoms with Gasteiger partial charge < -0.3 is 20.1 Å². The summed E-state index contributed by atoms with van der Waals surface area (Å²) in [5.41, 5.74) is 5.14. The highest BCUT2D eigenvalue weighted by atomic mass is 16.5. The van der Waals surface area contributed by atoms with Gasteiger partial charge in [-0.2, -0.15) is 0 Å². The van der Waals surface area contributed by atoms with E-state index >= 15 is 0 Å². The van der Waals surface area contributed by atoms with Crippen LogP contribution in [0.15, 0.2) is 42.5 Å². The number of aliphatic hydroxyl groups excluding tert-OH is 1. The van der Waals surface area contributed by atoms with Gasteiger partial charge in [0.05, 0.1) is 6.10 Å². The van der Waals surface area contributed by atoms with E-state index < -0.39 is 6.10 Å². The van der Waals surface area contributed by atoms with Gasteiger partial charge in [0.2, 0.25) is 5.91 Å². The lowest BCUT2D eigenvalue weighted by molar-refractivity contribution is -0.117. The molecule has 1 spiro atoms. The van der Waals surface area contributed by atoms with Gasteiger partial charge in [0.15, 0.2) is 0 Å². The lowest BCUT2D eigenvalue weighted by Crippen LogP contribution is -2.48. The molecule has 2 heterocycles. The van der Waals surface area contributed by atoms with Crippen molar-refractivity contribution in [3.8, 4) is 5.75 Å². The Morgan fingerprint density at radius 1 is 1.16 bits per heavy atom. The van der Waals surface area contributed by atoms with E-state index in [1.807, 2.05) is 24.3 Å². The standard InChI is InChI=1S/C27H32N2O3/c1-18-15-22-9-10-27(32-25(22)16-19(18)2)11-13-29(14-12-27)17-24(30)20-5-7-23(8-6-20)28-26(31)21-3-4-21/h5-10,15-16,21,24,30H,3-4,11-14,17H2,1-2H3,(H,28,31)/t24-/m0/s1. The maximum atomic E-state index is 11.9. The minimum Gasteiger partial charge on any atom is -0.482 e. The van der Waals surface area contributed by atoms with Crippen molar-refractivity contribution in [1.82, 2.24) is 4.90 Å². The zero-order valence-electron chi connectivity index (χ0n) is 18.9. The summed E-state index contributed by atoms with van der Waals surface area (Å²) in [6.45, 7) is 6.63. The van der Waals surface area contributed by atoms with E-state index in [1.54, 1.807) is 0 Å². The lowest BCUT2D eigenvalue weighted by atomic mass is 9.87. The van der Waals surface area contributed by atoms with Gasteiger partial charge in [0.1, 0.15) is 11.4 Å². The number of hydrogen-bond donors (Lipinski definition) is 2. The van der Waals surface area contributed by atoms with Crippen LogP contribution in [0, 0.1) is 19.8 Å². The summed E-state index contributed by atoms with van der Waals surface area (Å²) in [6.07, 6.45) is 7.69. The first-order chi connectivity index (χ1) is 15.4. The summed E-state index contributed by atoms with van der Waals surface area (Å²) >= 11 is 0. The number of aliphatic hydroxyl groups is 1. The Hall–Kier alpha value is -2.63. The zero-order valence-corrected chi connectivity index (χ0v) is 18.9. The molecule has 5 rings (SSSR count). The molecule has 5 heteroatoms. The van der Waals surface area contributed by atoms with Gasteiger partial charge >= 0.3 is 0 Å². The Kier molecular flexibility index (Phi) is 5.56. The summed E-state index contributed by atoms with van der Waals surface area (Å²) in [6, 6.07) is 11.9. The van der Waals surface area contributed by atoms with Gasteiger partial charge in [-0.3, -0.25) is 4.79 Å². The second kappa shape index (κ2) is 8.38. The summed E-state index contributed by atoms with van der Waals surface area (Å²) in [7, 11) is 0. The molecule has 32 heavy (non-hydrogen) atoms. The van der Waals surface area contributed by atoms with Crippen molar-refractivity contribution in [1.29, 1.82) is 0 Å². The number of piperidine rings is 1. The third kappa shape index (κ3) is 4.45. The van der Waals surface area contributed by atoms with Crippen molar-refractivity contribution in [2.45, 2.75) is 51.2 Å². The first kappa shape index (κ1) is 21.2. The molecule has 0 bridgehead atoms. The number of fused-ring (bicyclic) bond motifs is 1.